The summed E-state index contributed by atoms with van der Waals surface area (Å²) in [5, 5.41) is 25.0. The summed E-state index contributed by atoms with van der Waals surface area (Å²) in [6.07, 6.45) is -0.645. The first-order chi connectivity index (χ1) is 13.0. The molecule has 0 aliphatic rings. The van der Waals surface area contributed by atoms with Crippen molar-refractivity contribution >= 4 is 29.7 Å². The van der Waals surface area contributed by atoms with Crippen molar-refractivity contribution in [3.63, 3.8) is 0 Å². The minimum absolute atomic E-state index is 0.123. The molecule has 0 aliphatic heterocycles. The van der Waals surface area contributed by atoms with E-state index in [1.807, 2.05) is 0 Å². The molecule has 0 aromatic heterocycles. The molecular formula is C15H29N7O6. The van der Waals surface area contributed by atoms with Crippen molar-refractivity contribution in [1.29, 1.82) is 0 Å². The van der Waals surface area contributed by atoms with Crippen LogP contribution in [0.5, 0.6) is 0 Å². The van der Waals surface area contributed by atoms with Gasteiger partial charge >= 0.3 is 5.97 Å². The zero-order chi connectivity index (χ0) is 21.9. The number of nitrogens with two attached hydrogens (primary N) is 3. The van der Waals surface area contributed by atoms with Gasteiger partial charge in [-0.15, -0.1) is 0 Å². The Hall–Kier alpha value is -2.93. The number of hydrogen-bond donors (Lipinski definition) is 8. The lowest BCUT2D eigenvalue weighted by Crippen LogP contribution is -2.54. The minimum atomic E-state index is -1.24. The van der Waals surface area contributed by atoms with E-state index in [9.17, 15) is 24.3 Å². The summed E-state index contributed by atoms with van der Waals surface area (Å²) in [6.45, 7) is 2.32. The minimum Gasteiger partial charge on any atom is -0.480 e. The quantitative estimate of drug-likeness (QED) is 0.0897. The summed E-state index contributed by atoms with van der Waals surface area (Å²) in [4.78, 5) is 50.6. The standard InChI is InChI=1S/C15H29N7O6/c1-7(14(27)28)21-12(25)9(4-3-5-19-15(17)18)22-10(24)6-20-13(26)11(16)8(2)23/h7-9,11,23H,3-6,16H2,1-2H3,(H,20,26)(H,21,25)(H,22,24)(H,27,28)(H4,17,18,19). The van der Waals surface area contributed by atoms with E-state index in [2.05, 4.69) is 20.9 Å². The lowest BCUT2D eigenvalue weighted by Gasteiger charge is -2.20. The molecule has 13 heteroatoms. The van der Waals surface area contributed by atoms with Gasteiger partial charge in [-0.2, -0.15) is 0 Å². The number of hydrogen-bond acceptors (Lipinski definition) is 7. The first-order valence-corrected chi connectivity index (χ1v) is 8.55. The zero-order valence-corrected chi connectivity index (χ0v) is 15.8. The maximum atomic E-state index is 12.2. The number of aliphatic hydroxyl groups is 1. The van der Waals surface area contributed by atoms with Crippen molar-refractivity contribution in [3.05, 3.63) is 0 Å². The second-order valence-corrected chi connectivity index (χ2v) is 6.12. The van der Waals surface area contributed by atoms with Gasteiger partial charge < -0.3 is 43.4 Å². The smallest absolute Gasteiger partial charge is 0.325 e. The molecule has 4 unspecified atom stereocenters. The molecule has 0 saturated carbocycles. The number of aliphatic carboxylic acids is 1. The van der Waals surface area contributed by atoms with Gasteiger partial charge in [0, 0.05) is 6.54 Å². The van der Waals surface area contributed by atoms with Crippen LogP contribution in [0.3, 0.4) is 0 Å². The van der Waals surface area contributed by atoms with Crippen LogP contribution in [0.25, 0.3) is 0 Å². The van der Waals surface area contributed by atoms with Crippen molar-refractivity contribution in [2.45, 2.75) is 50.9 Å². The van der Waals surface area contributed by atoms with Crippen LogP contribution in [0.15, 0.2) is 4.99 Å². The fourth-order valence-corrected chi connectivity index (χ4v) is 1.90. The Bertz CT molecular complexity index is 591. The van der Waals surface area contributed by atoms with Gasteiger partial charge in [0.2, 0.25) is 17.7 Å². The third-order valence-electron chi connectivity index (χ3n) is 3.57. The summed E-state index contributed by atoms with van der Waals surface area (Å²) < 4.78 is 0. The molecule has 0 fully saturated rings. The molecule has 0 aromatic rings. The Kier molecular flexibility index (Phi) is 11.2. The number of aliphatic imine (C=N–C) groups is 1. The van der Waals surface area contributed by atoms with Crippen molar-refractivity contribution < 1.29 is 29.4 Å². The Morgan fingerprint density at radius 3 is 2.18 bits per heavy atom. The molecule has 160 valence electrons. The van der Waals surface area contributed by atoms with Crippen LogP contribution < -0.4 is 33.2 Å². The topological polar surface area (TPSA) is 235 Å². The van der Waals surface area contributed by atoms with Gasteiger partial charge in [0.05, 0.1) is 12.6 Å². The van der Waals surface area contributed by atoms with Crippen LogP contribution in [0.4, 0.5) is 0 Å². The molecule has 4 atom stereocenters. The van der Waals surface area contributed by atoms with Gasteiger partial charge in [0.1, 0.15) is 18.1 Å². The predicted molar refractivity (Wildman–Crippen MR) is 99.7 cm³/mol. The van der Waals surface area contributed by atoms with Gasteiger partial charge in [-0.05, 0) is 26.7 Å². The highest BCUT2D eigenvalue weighted by Gasteiger charge is 2.25. The Morgan fingerprint density at radius 2 is 1.68 bits per heavy atom. The number of carboxylic acids is 1. The highest BCUT2D eigenvalue weighted by molar-refractivity contribution is 5.92. The van der Waals surface area contributed by atoms with Crippen molar-refractivity contribution in [2.24, 2.45) is 22.2 Å². The lowest BCUT2D eigenvalue weighted by atomic mass is 10.1. The fraction of sp³-hybridized carbons (Fsp3) is 0.667. The first-order valence-electron chi connectivity index (χ1n) is 8.55. The molecule has 28 heavy (non-hydrogen) atoms. The van der Waals surface area contributed by atoms with Gasteiger partial charge in [0.25, 0.3) is 0 Å². The Morgan fingerprint density at radius 1 is 1.07 bits per heavy atom. The van der Waals surface area contributed by atoms with Gasteiger partial charge in [-0.1, -0.05) is 0 Å². The molecule has 0 rings (SSSR count). The Balaban J connectivity index is 4.82. The van der Waals surface area contributed by atoms with Crippen LogP contribution in [0, 0.1) is 0 Å². The van der Waals surface area contributed by atoms with Gasteiger partial charge in [-0.25, -0.2) is 0 Å². The summed E-state index contributed by atoms with van der Waals surface area (Å²) in [7, 11) is 0. The molecule has 0 aliphatic carbocycles. The second-order valence-electron chi connectivity index (χ2n) is 6.12. The number of nitrogens with zero attached hydrogens (tertiary/aromatic N) is 1. The number of rotatable bonds is 12. The molecule has 0 heterocycles. The molecular weight excluding hydrogens is 374 g/mol. The molecule has 0 saturated heterocycles. The fourth-order valence-electron chi connectivity index (χ4n) is 1.90. The monoisotopic (exact) mass is 403 g/mol. The highest BCUT2D eigenvalue weighted by atomic mass is 16.4. The average molecular weight is 403 g/mol. The maximum Gasteiger partial charge on any atom is 0.325 e. The predicted octanol–water partition coefficient (Wildman–Crippen LogP) is -4.06. The molecule has 13 nitrogen and oxygen atoms in total. The summed E-state index contributed by atoms with van der Waals surface area (Å²) in [5.41, 5.74) is 15.9. The van der Waals surface area contributed by atoms with Crippen LogP contribution in [-0.4, -0.2) is 77.2 Å². The number of nitrogens with one attached hydrogen (secondary N) is 3. The summed E-state index contributed by atoms with van der Waals surface area (Å²) in [5.74, 6) is -3.51. The maximum absolute atomic E-state index is 12.2. The first kappa shape index (κ1) is 25.1. The largest absolute Gasteiger partial charge is 0.480 e. The molecule has 11 N–H and O–H groups in total. The summed E-state index contributed by atoms with van der Waals surface area (Å²) in [6, 6.07) is -3.43. The van der Waals surface area contributed by atoms with Crippen LogP contribution in [-0.2, 0) is 19.2 Å². The van der Waals surface area contributed by atoms with E-state index in [1.165, 1.54) is 13.8 Å². The lowest BCUT2D eigenvalue weighted by molar-refractivity contribution is -0.141. The van der Waals surface area contributed by atoms with Crippen LogP contribution in [0.2, 0.25) is 0 Å². The SMILES string of the molecule is CC(NC(=O)C(CCCN=C(N)N)NC(=O)CNC(=O)C(N)C(C)O)C(=O)O. The molecule has 0 aromatic carbocycles. The number of carbonyl (C=O) groups is 4. The number of carbonyl (C=O) groups excluding carboxylic acids is 3. The summed E-state index contributed by atoms with van der Waals surface area (Å²) >= 11 is 0. The van der Waals surface area contributed by atoms with E-state index in [0.29, 0.717) is 6.42 Å². The van der Waals surface area contributed by atoms with Gasteiger partial charge in [0.15, 0.2) is 5.96 Å². The van der Waals surface area contributed by atoms with E-state index in [-0.39, 0.29) is 18.9 Å². The van der Waals surface area contributed by atoms with Crippen molar-refractivity contribution in [3.8, 4) is 0 Å². The number of carboxylic acid groups (broad SMARTS) is 1. The number of guanidine groups is 1. The van der Waals surface area contributed by atoms with Crippen LogP contribution in [0.1, 0.15) is 26.7 Å². The van der Waals surface area contributed by atoms with E-state index in [1.54, 1.807) is 0 Å². The number of aliphatic hydroxyl groups excluding tert-OH is 1. The van der Waals surface area contributed by atoms with Crippen LogP contribution >= 0.6 is 0 Å². The average Bonchev–Trinajstić information content (AvgIpc) is 2.60. The third-order valence-corrected chi connectivity index (χ3v) is 3.57. The number of amides is 3. The van der Waals surface area contributed by atoms with Gasteiger partial charge in [-0.3, -0.25) is 24.2 Å². The molecule has 0 bridgehead atoms. The van der Waals surface area contributed by atoms with Crippen molar-refractivity contribution in [2.75, 3.05) is 13.1 Å². The molecule has 0 spiro atoms. The van der Waals surface area contributed by atoms with E-state index < -0.39 is 54.5 Å². The molecule has 3 amide bonds. The Labute approximate surface area is 162 Å². The van der Waals surface area contributed by atoms with E-state index in [4.69, 9.17) is 22.3 Å². The van der Waals surface area contributed by atoms with E-state index in [0.717, 1.165) is 0 Å². The normalized spacial score (nSPS) is 14.7. The van der Waals surface area contributed by atoms with E-state index >= 15 is 0 Å². The molecule has 0 radical (unpaired) electrons. The second kappa shape index (κ2) is 12.5. The third kappa shape index (κ3) is 10.3. The zero-order valence-electron chi connectivity index (χ0n) is 15.8. The highest BCUT2D eigenvalue weighted by Crippen LogP contribution is 2.00. The van der Waals surface area contributed by atoms with Crippen molar-refractivity contribution in [1.82, 2.24) is 16.0 Å².